The van der Waals surface area contributed by atoms with Gasteiger partial charge in [0, 0.05) is 26.1 Å². The molecule has 0 fully saturated rings. The van der Waals surface area contributed by atoms with E-state index in [1.165, 1.54) is 0 Å². The molecule has 2 N–H and O–H groups in total. The molecule has 2 aromatic heterocycles. The van der Waals surface area contributed by atoms with Crippen molar-refractivity contribution in [3.63, 3.8) is 0 Å². The Kier molecular flexibility index (Phi) is 2.89. The smallest absolute Gasteiger partial charge is 0.254 e. The number of hydrogen-bond acceptors (Lipinski definition) is 5. The maximum atomic E-state index is 5.96. The first-order chi connectivity index (χ1) is 7.33. The molecule has 2 aromatic rings. The molecule has 0 spiro atoms. The first-order valence-corrected chi connectivity index (χ1v) is 4.73. The molecular formula is C9H13N5O. The first kappa shape index (κ1) is 10.0. The molecule has 0 amide bonds. The third-order valence-corrected chi connectivity index (χ3v) is 2.18. The Morgan fingerprint density at radius 3 is 3.20 bits per heavy atom. The fourth-order valence-electron chi connectivity index (χ4n) is 1.39. The molecule has 15 heavy (non-hydrogen) atoms. The van der Waals surface area contributed by atoms with E-state index >= 15 is 0 Å². The van der Waals surface area contributed by atoms with Crippen LogP contribution in [0.3, 0.4) is 0 Å². The number of ether oxygens (including phenoxy) is 1. The van der Waals surface area contributed by atoms with Crippen molar-refractivity contribution in [2.24, 2.45) is 5.73 Å². The lowest BCUT2D eigenvalue weighted by Crippen LogP contribution is -2.16. The van der Waals surface area contributed by atoms with Gasteiger partial charge in [0.05, 0.1) is 6.04 Å². The summed E-state index contributed by atoms with van der Waals surface area (Å²) < 4.78 is 6.76. The van der Waals surface area contributed by atoms with Crippen LogP contribution in [0.25, 0.3) is 5.78 Å². The molecule has 0 aliphatic carbocycles. The van der Waals surface area contributed by atoms with Crippen LogP contribution in [0.4, 0.5) is 0 Å². The van der Waals surface area contributed by atoms with Crippen LogP contribution < -0.4 is 5.73 Å². The highest BCUT2D eigenvalue weighted by atomic mass is 16.5. The van der Waals surface area contributed by atoms with Gasteiger partial charge in [-0.2, -0.15) is 0 Å². The summed E-state index contributed by atoms with van der Waals surface area (Å²) in [4.78, 5) is 4.07. The molecule has 1 atom stereocenters. The monoisotopic (exact) mass is 207 g/mol. The molecule has 0 saturated heterocycles. The Morgan fingerprint density at radius 1 is 1.53 bits per heavy atom. The van der Waals surface area contributed by atoms with Crippen LogP contribution in [0.2, 0.25) is 0 Å². The van der Waals surface area contributed by atoms with E-state index in [0.717, 1.165) is 5.82 Å². The normalized spacial score (nSPS) is 13.2. The number of hydrogen-bond donors (Lipinski definition) is 1. The van der Waals surface area contributed by atoms with Gasteiger partial charge in [-0.1, -0.05) is 0 Å². The van der Waals surface area contributed by atoms with Gasteiger partial charge in [0.1, 0.15) is 0 Å². The van der Waals surface area contributed by atoms with Gasteiger partial charge in [-0.25, -0.2) is 4.98 Å². The van der Waals surface area contributed by atoms with Crippen molar-refractivity contribution in [1.82, 2.24) is 19.6 Å². The zero-order valence-corrected chi connectivity index (χ0v) is 8.50. The molecule has 0 aliphatic rings. The molecule has 2 heterocycles. The number of nitrogens with two attached hydrogens (primary N) is 1. The topological polar surface area (TPSA) is 78.3 Å². The summed E-state index contributed by atoms with van der Waals surface area (Å²) >= 11 is 0. The lowest BCUT2D eigenvalue weighted by molar-refractivity contribution is 0.187. The molecule has 0 radical (unpaired) electrons. The molecule has 6 nitrogen and oxygen atoms in total. The van der Waals surface area contributed by atoms with E-state index in [2.05, 4.69) is 15.2 Å². The van der Waals surface area contributed by atoms with Gasteiger partial charge < -0.3 is 10.5 Å². The molecule has 0 aliphatic heterocycles. The highest BCUT2D eigenvalue weighted by Crippen LogP contribution is 2.11. The number of methoxy groups -OCH3 is 1. The van der Waals surface area contributed by atoms with Crippen molar-refractivity contribution in [2.75, 3.05) is 13.7 Å². The summed E-state index contributed by atoms with van der Waals surface area (Å²) in [6.07, 6.45) is 4.24. The Bertz CT molecular complexity index is 441. The van der Waals surface area contributed by atoms with E-state index in [4.69, 9.17) is 10.5 Å². The predicted molar refractivity (Wildman–Crippen MR) is 54.2 cm³/mol. The van der Waals surface area contributed by atoms with E-state index in [1.807, 2.05) is 12.3 Å². The third kappa shape index (κ3) is 1.95. The van der Waals surface area contributed by atoms with Crippen molar-refractivity contribution in [3.8, 4) is 0 Å². The van der Waals surface area contributed by atoms with Crippen LogP contribution in [0.15, 0.2) is 18.5 Å². The van der Waals surface area contributed by atoms with Gasteiger partial charge in [0.2, 0.25) is 0 Å². The van der Waals surface area contributed by atoms with Crippen LogP contribution in [-0.2, 0) is 4.74 Å². The average Bonchev–Trinajstić information content (AvgIpc) is 2.69. The minimum absolute atomic E-state index is 0.177. The summed E-state index contributed by atoms with van der Waals surface area (Å²) in [7, 11) is 1.65. The highest BCUT2D eigenvalue weighted by Gasteiger charge is 2.13. The second-order valence-corrected chi connectivity index (χ2v) is 3.24. The van der Waals surface area contributed by atoms with E-state index in [1.54, 1.807) is 17.7 Å². The molecule has 2 rings (SSSR count). The van der Waals surface area contributed by atoms with E-state index < -0.39 is 0 Å². The summed E-state index contributed by atoms with van der Waals surface area (Å²) in [5.74, 6) is 1.29. The zero-order chi connectivity index (χ0) is 10.7. The average molecular weight is 207 g/mol. The summed E-state index contributed by atoms with van der Waals surface area (Å²) in [6, 6.07) is 1.65. The van der Waals surface area contributed by atoms with Crippen LogP contribution in [0.5, 0.6) is 0 Å². The Balaban J connectivity index is 2.27. The predicted octanol–water partition coefficient (Wildman–Crippen LogP) is 0.161. The SMILES string of the molecule is COCCC(N)c1nnc2ncccn12. The molecule has 80 valence electrons. The van der Waals surface area contributed by atoms with Crippen LogP contribution in [0, 0.1) is 0 Å². The van der Waals surface area contributed by atoms with Crippen molar-refractivity contribution in [3.05, 3.63) is 24.3 Å². The first-order valence-electron chi connectivity index (χ1n) is 4.73. The maximum absolute atomic E-state index is 5.96. The van der Waals surface area contributed by atoms with Gasteiger partial charge in [-0.3, -0.25) is 4.40 Å². The lowest BCUT2D eigenvalue weighted by atomic mass is 10.2. The second kappa shape index (κ2) is 4.33. The Hall–Kier alpha value is -1.53. The molecular weight excluding hydrogens is 194 g/mol. The number of nitrogens with zero attached hydrogens (tertiary/aromatic N) is 4. The van der Waals surface area contributed by atoms with E-state index in [-0.39, 0.29) is 6.04 Å². The van der Waals surface area contributed by atoms with Crippen LogP contribution in [-0.4, -0.2) is 33.3 Å². The minimum Gasteiger partial charge on any atom is -0.385 e. The second-order valence-electron chi connectivity index (χ2n) is 3.24. The number of rotatable bonds is 4. The quantitative estimate of drug-likeness (QED) is 0.772. The fourth-order valence-corrected chi connectivity index (χ4v) is 1.39. The van der Waals surface area contributed by atoms with Crippen LogP contribution >= 0.6 is 0 Å². The van der Waals surface area contributed by atoms with E-state index in [9.17, 15) is 0 Å². The third-order valence-electron chi connectivity index (χ3n) is 2.18. The number of aromatic nitrogens is 4. The molecule has 0 aromatic carbocycles. The minimum atomic E-state index is -0.177. The van der Waals surface area contributed by atoms with E-state index in [0.29, 0.717) is 18.8 Å². The molecule has 0 saturated carbocycles. The van der Waals surface area contributed by atoms with Gasteiger partial charge in [-0.15, -0.1) is 10.2 Å². The Labute approximate surface area is 87.1 Å². The largest absolute Gasteiger partial charge is 0.385 e. The van der Waals surface area contributed by atoms with Crippen LogP contribution in [0.1, 0.15) is 18.3 Å². The van der Waals surface area contributed by atoms with Crippen molar-refractivity contribution < 1.29 is 4.74 Å². The van der Waals surface area contributed by atoms with Crippen molar-refractivity contribution in [1.29, 1.82) is 0 Å². The summed E-state index contributed by atoms with van der Waals surface area (Å²) in [5.41, 5.74) is 5.96. The van der Waals surface area contributed by atoms with Gasteiger partial charge in [0.25, 0.3) is 5.78 Å². The van der Waals surface area contributed by atoms with Gasteiger partial charge in [0.15, 0.2) is 5.82 Å². The summed E-state index contributed by atoms with van der Waals surface area (Å²) in [6.45, 7) is 0.607. The number of fused-ring (bicyclic) bond motifs is 1. The standard InChI is InChI=1S/C9H13N5O/c1-15-6-3-7(10)8-12-13-9-11-4-2-5-14(8)9/h2,4-5,7H,3,6,10H2,1H3. The van der Waals surface area contributed by atoms with Gasteiger partial charge >= 0.3 is 0 Å². The molecule has 6 heteroatoms. The highest BCUT2D eigenvalue weighted by molar-refractivity contribution is 5.26. The Morgan fingerprint density at radius 2 is 2.40 bits per heavy atom. The zero-order valence-electron chi connectivity index (χ0n) is 8.50. The molecule has 1 unspecified atom stereocenters. The van der Waals surface area contributed by atoms with Gasteiger partial charge in [-0.05, 0) is 12.5 Å². The maximum Gasteiger partial charge on any atom is 0.254 e. The van der Waals surface area contributed by atoms with Crippen molar-refractivity contribution >= 4 is 5.78 Å². The summed E-state index contributed by atoms with van der Waals surface area (Å²) in [5, 5.41) is 7.95. The van der Waals surface area contributed by atoms with Crippen molar-refractivity contribution in [2.45, 2.75) is 12.5 Å². The lowest BCUT2D eigenvalue weighted by Gasteiger charge is -2.08. The fraction of sp³-hybridized carbons (Fsp3) is 0.444. The molecule has 0 bridgehead atoms.